The van der Waals surface area contributed by atoms with Gasteiger partial charge in [-0.1, -0.05) is 30.3 Å². The predicted molar refractivity (Wildman–Crippen MR) is 62.2 cm³/mol. The third kappa shape index (κ3) is 2.76. The lowest BCUT2D eigenvalue weighted by atomic mass is 10.1. The van der Waals surface area contributed by atoms with Crippen molar-refractivity contribution >= 4 is 6.09 Å². The molecule has 0 saturated carbocycles. The van der Waals surface area contributed by atoms with Crippen molar-refractivity contribution in [2.75, 3.05) is 13.2 Å². The van der Waals surface area contributed by atoms with E-state index < -0.39 is 0 Å². The van der Waals surface area contributed by atoms with Crippen LogP contribution >= 0.6 is 0 Å². The molecule has 1 saturated heterocycles. The molecule has 1 amide bonds. The maximum Gasteiger partial charge on any atom is 0.410 e. The number of hydrogen-bond donors (Lipinski definition) is 0. The number of cyclic esters (lactones) is 1. The molecular formula is C13H14N2O2. The molecule has 0 aromatic heterocycles. The largest absolute Gasteiger partial charge is 0.449 e. The first-order valence-corrected chi connectivity index (χ1v) is 5.68. The van der Waals surface area contributed by atoms with Crippen LogP contribution in [-0.4, -0.2) is 30.2 Å². The van der Waals surface area contributed by atoms with Crippen LogP contribution in [0.1, 0.15) is 12.0 Å². The summed E-state index contributed by atoms with van der Waals surface area (Å²) in [6.45, 7) is 0.875. The molecule has 1 atom stereocenters. The lowest BCUT2D eigenvalue weighted by molar-refractivity contribution is 0.0584. The Labute approximate surface area is 100 Å². The van der Waals surface area contributed by atoms with E-state index in [0.717, 1.165) is 12.0 Å². The smallest absolute Gasteiger partial charge is 0.410 e. The number of carbonyl (C=O) groups is 1. The SMILES string of the molecule is N#CC1CCOC(=O)N1CCc1ccccc1. The lowest BCUT2D eigenvalue weighted by Gasteiger charge is -2.30. The predicted octanol–water partition coefficient (Wildman–Crippen LogP) is 1.96. The summed E-state index contributed by atoms with van der Waals surface area (Å²) in [4.78, 5) is 13.0. The summed E-state index contributed by atoms with van der Waals surface area (Å²) < 4.78 is 4.95. The van der Waals surface area contributed by atoms with Crippen LogP contribution < -0.4 is 0 Å². The molecule has 0 spiro atoms. The highest BCUT2D eigenvalue weighted by Crippen LogP contribution is 2.13. The summed E-state index contributed by atoms with van der Waals surface area (Å²) in [5, 5.41) is 8.98. The second kappa shape index (κ2) is 5.35. The summed E-state index contributed by atoms with van der Waals surface area (Å²) in [5.74, 6) is 0. The molecule has 1 heterocycles. The van der Waals surface area contributed by atoms with Crippen molar-refractivity contribution in [1.29, 1.82) is 5.26 Å². The standard InChI is InChI=1S/C13H14N2O2/c14-10-12-7-9-17-13(16)15(12)8-6-11-4-2-1-3-5-11/h1-5,12H,6-9H2. The van der Waals surface area contributed by atoms with E-state index in [0.29, 0.717) is 19.6 Å². The molecule has 88 valence electrons. The fraction of sp³-hybridized carbons (Fsp3) is 0.385. The first kappa shape index (κ1) is 11.5. The van der Waals surface area contributed by atoms with E-state index >= 15 is 0 Å². The minimum atomic E-state index is -0.376. The van der Waals surface area contributed by atoms with E-state index in [1.807, 2.05) is 30.3 Å². The number of rotatable bonds is 3. The fourth-order valence-corrected chi connectivity index (χ4v) is 1.90. The van der Waals surface area contributed by atoms with Crippen molar-refractivity contribution in [2.24, 2.45) is 0 Å². The van der Waals surface area contributed by atoms with Gasteiger partial charge in [0.1, 0.15) is 6.04 Å². The number of amides is 1. The number of carbonyl (C=O) groups excluding carboxylic acids is 1. The topological polar surface area (TPSA) is 53.3 Å². The van der Waals surface area contributed by atoms with Crippen molar-refractivity contribution in [2.45, 2.75) is 18.9 Å². The molecule has 0 bridgehead atoms. The third-order valence-electron chi connectivity index (χ3n) is 2.86. The maximum atomic E-state index is 11.5. The number of benzene rings is 1. The van der Waals surface area contributed by atoms with E-state index in [-0.39, 0.29) is 12.1 Å². The Morgan fingerprint density at radius 1 is 1.41 bits per heavy atom. The van der Waals surface area contributed by atoms with Crippen LogP contribution in [0.2, 0.25) is 0 Å². The lowest BCUT2D eigenvalue weighted by Crippen LogP contribution is -2.45. The number of nitriles is 1. The Balaban J connectivity index is 1.97. The molecule has 1 unspecified atom stereocenters. The molecule has 1 aromatic carbocycles. The molecule has 0 aliphatic carbocycles. The second-order valence-corrected chi connectivity index (χ2v) is 3.98. The van der Waals surface area contributed by atoms with Gasteiger partial charge in [-0.2, -0.15) is 5.26 Å². The van der Waals surface area contributed by atoms with Crippen LogP contribution in [0.5, 0.6) is 0 Å². The molecular weight excluding hydrogens is 216 g/mol. The summed E-state index contributed by atoms with van der Waals surface area (Å²) in [6, 6.07) is 11.7. The monoisotopic (exact) mass is 230 g/mol. The van der Waals surface area contributed by atoms with E-state index in [2.05, 4.69) is 6.07 Å². The average Bonchev–Trinajstić information content (AvgIpc) is 2.38. The van der Waals surface area contributed by atoms with Crippen LogP contribution in [0, 0.1) is 11.3 Å². The summed E-state index contributed by atoms with van der Waals surface area (Å²) in [7, 11) is 0. The highest BCUT2D eigenvalue weighted by atomic mass is 16.6. The van der Waals surface area contributed by atoms with Gasteiger partial charge in [-0.15, -0.1) is 0 Å². The van der Waals surface area contributed by atoms with Gasteiger partial charge >= 0.3 is 6.09 Å². The van der Waals surface area contributed by atoms with Gasteiger partial charge in [0, 0.05) is 13.0 Å². The summed E-state index contributed by atoms with van der Waals surface area (Å²) >= 11 is 0. The molecule has 0 N–H and O–H groups in total. The minimum absolute atomic E-state index is 0.346. The van der Waals surface area contributed by atoms with Crippen LogP contribution in [0.15, 0.2) is 30.3 Å². The highest BCUT2D eigenvalue weighted by Gasteiger charge is 2.28. The van der Waals surface area contributed by atoms with Crippen molar-refractivity contribution in [1.82, 2.24) is 4.90 Å². The van der Waals surface area contributed by atoms with Gasteiger partial charge in [0.2, 0.25) is 0 Å². The third-order valence-corrected chi connectivity index (χ3v) is 2.86. The fourth-order valence-electron chi connectivity index (χ4n) is 1.90. The molecule has 0 radical (unpaired) electrons. The number of hydrogen-bond acceptors (Lipinski definition) is 3. The van der Waals surface area contributed by atoms with Crippen molar-refractivity contribution in [3.63, 3.8) is 0 Å². The van der Waals surface area contributed by atoms with Gasteiger partial charge in [-0.3, -0.25) is 4.90 Å². The molecule has 17 heavy (non-hydrogen) atoms. The first-order chi connectivity index (χ1) is 8.31. The normalized spacial score (nSPS) is 19.6. The van der Waals surface area contributed by atoms with Crippen molar-refractivity contribution < 1.29 is 9.53 Å². The molecule has 1 aliphatic heterocycles. The Morgan fingerprint density at radius 3 is 2.88 bits per heavy atom. The van der Waals surface area contributed by atoms with Crippen molar-refractivity contribution in [3.8, 4) is 6.07 Å². The summed E-state index contributed by atoms with van der Waals surface area (Å²) in [5.41, 5.74) is 1.16. The van der Waals surface area contributed by atoms with Gasteiger partial charge in [-0.25, -0.2) is 4.79 Å². The van der Waals surface area contributed by atoms with Gasteiger partial charge in [0.15, 0.2) is 0 Å². The zero-order valence-corrected chi connectivity index (χ0v) is 9.50. The molecule has 2 rings (SSSR count). The quantitative estimate of drug-likeness (QED) is 0.797. The van der Waals surface area contributed by atoms with Crippen molar-refractivity contribution in [3.05, 3.63) is 35.9 Å². The minimum Gasteiger partial charge on any atom is -0.449 e. The Kier molecular flexibility index (Phi) is 3.61. The van der Waals surface area contributed by atoms with Crippen LogP contribution in [0.3, 0.4) is 0 Å². The zero-order chi connectivity index (χ0) is 12.1. The molecule has 4 heteroatoms. The van der Waals surface area contributed by atoms with E-state index in [1.165, 1.54) is 4.90 Å². The highest BCUT2D eigenvalue weighted by molar-refractivity contribution is 5.69. The number of nitrogens with zero attached hydrogens (tertiary/aromatic N) is 2. The number of ether oxygens (including phenoxy) is 1. The zero-order valence-electron chi connectivity index (χ0n) is 9.50. The van der Waals surface area contributed by atoms with Gasteiger partial charge in [-0.05, 0) is 12.0 Å². The van der Waals surface area contributed by atoms with E-state index in [1.54, 1.807) is 0 Å². The van der Waals surface area contributed by atoms with Gasteiger partial charge in [0.05, 0.1) is 12.7 Å². The Hall–Kier alpha value is -2.02. The average molecular weight is 230 g/mol. The Morgan fingerprint density at radius 2 is 2.18 bits per heavy atom. The van der Waals surface area contributed by atoms with Gasteiger partial charge < -0.3 is 4.74 Å². The van der Waals surface area contributed by atoms with E-state index in [4.69, 9.17) is 10.00 Å². The first-order valence-electron chi connectivity index (χ1n) is 5.68. The van der Waals surface area contributed by atoms with Crippen LogP contribution in [-0.2, 0) is 11.2 Å². The molecule has 4 nitrogen and oxygen atoms in total. The molecule has 1 fully saturated rings. The second-order valence-electron chi connectivity index (χ2n) is 3.98. The van der Waals surface area contributed by atoms with E-state index in [9.17, 15) is 4.79 Å². The van der Waals surface area contributed by atoms with Crippen LogP contribution in [0.4, 0.5) is 4.79 Å². The van der Waals surface area contributed by atoms with Crippen LogP contribution in [0.25, 0.3) is 0 Å². The Bertz CT molecular complexity index is 425. The summed E-state index contributed by atoms with van der Waals surface area (Å²) in [6.07, 6.45) is 0.962. The molecule has 1 aromatic rings. The maximum absolute atomic E-state index is 11.5. The van der Waals surface area contributed by atoms with Gasteiger partial charge in [0.25, 0.3) is 0 Å². The molecule has 1 aliphatic rings.